The van der Waals surface area contributed by atoms with Gasteiger partial charge in [-0.15, -0.1) is 0 Å². The molecule has 0 spiro atoms. The predicted molar refractivity (Wildman–Crippen MR) is 115 cm³/mol. The van der Waals surface area contributed by atoms with Gasteiger partial charge < -0.3 is 14.4 Å². The monoisotopic (exact) mass is 434 g/mol. The fraction of sp³-hybridized carbons (Fsp3) is 0.190. The van der Waals surface area contributed by atoms with Crippen LogP contribution in [0.5, 0.6) is 0 Å². The van der Waals surface area contributed by atoms with Gasteiger partial charge in [0, 0.05) is 11.1 Å². The number of methoxy groups -OCH3 is 1. The van der Waals surface area contributed by atoms with Crippen molar-refractivity contribution in [1.82, 2.24) is 0 Å². The zero-order valence-electron chi connectivity index (χ0n) is 16.2. The summed E-state index contributed by atoms with van der Waals surface area (Å²) in [6.07, 6.45) is 1.65. The highest BCUT2D eigenvalue weighted by molar-refractivity contribution is 6.57. The van der Waals surface area contributed by atoms with Gasteiger partial charge in [0.05, 0.1) is 12.8 Å². The van der Waals surface area contributed by atoms with Gasteiger partial charge in [0.2, 0.25) is 0 Å². The molecule has 0 N–H and O–H groups in total. The van der Waals surface area contributed by atoms with Gasteiger partial charge in [-0.2, -0.15) is 0 Å². The minimum absolute atomic E-state index is 0.0523. The van der Waals surface area contributed by atoms with Crippen LogP contribution in [0.15, 0.2) is 63.3 Å². The van der Waals surface area contributed by atoms with E-state index in [1.165, 1.54) is 14.2 Å². The van der Waals surface area contributed by atoms with Gasteiger partial charge in [-0.25, -0.2) is 4.79 Å². The maximum absolute atomic E-state index is 12.0. The molecular formula is C21H20Cl2N2O4. The molecule has 0 heterocycles. The lowest BCUT2D eigenvalue weighted by Crippen LogP contribution is -2.19. The van der Waals surface area contributed by atoms with Gasteiger partial charge in [-0.1, -0.05) is 82.0 Å². The molecule has 0 saturated carbocycles. The Balaban J connectivity index is 2.15. The molecule has 8 heteroatoms. The van der Waals surface area contributed by atoms with E-state index in [4.69, 9.17) is 37.6 Å². The molecule has 0 bridgehead atoms. The van der Waals surface area contributed by atoms with Crippen molar-refractivity contribution < 1.29 is 19.2 Å². The zero-order chi connectivity index (χ0) is 21.2. The Labute approximate surface area is 179 Å². The summed E-state index contributed by atoms with van der Waals surface area (Å²) in [5, 5.41) is 7.93. The number of carbonyl (C=O) groups excluding carboxylic acids is 1. The molecule has 29 heavy (non-hydrogen) atoms. The Kier molecular flexibility index (Phi) is 8.70. The van der Waals surface area contributed by atoms with Gasteiger partial charge >= 0.3 is 5.97 Å². The summed E-state index contributed by atoms with van der Waals surface area (Å²) in [6.45, 7) is 1.97. The molecule has 2 aromatic carbocycles. The minimum atomic E-state index is -0.606. The van der Waals surface area contributed by atoms with Crippen molar-refractivity contribution in [2.24, 2.45) is 10.3 Å². The van der Waals surface area contributed by atoms with Crippen molar-refractivity contribution >= 4 is 46.7 Å². The first kappa shape index (κ1) is 22.5. The van der Waals surface area contributed by atoms with Gasteiger partial charge in [0.25, 0.3) is 0 Å². The lowest BCUT2D eigenvalue weighted by atomic mass is 10.0. The standard InChI is InChI=1S/C21H20Cl2N2O4/c1-14(16-10-8-15(9-11-16)12-19(22)23)24-29-13-17-6-4-5-7-18(17)20(25-28-3)21(26)27-2/h4-12H,13H2,1-3H3/b24-14+,25-20?. The number of rotatable bonds is 8. The van der Waals surface area contributed by atoms with E-state index in [0.717, 1.165) is 11.1 Å². The normalized spacial score (nSPS) is 11.6. The SMILES string of the molecule is CON=C(C(=O)OC)c1ccccc1CO/N=C(\C)c1ccc(C=C(Cl)Cl)cc1. The summed E-state index contributed by atoms with van der Waals surface area (Å²) in [4.78, 5) is 22.3. The first-order valence-corrected chi connectivity index (χ1v) is 9.29. The van der Waals surface area contributed by atoms with Crippen molar-refractivity contribution in [1.29, 1.82) is 0 Å². The summed E-state index contributed by atoms with van der Waals surface area (Å²) in [5.74, 6) is -0.606. The fourth-order valence-corrected chi connectivity index (χ4v) is 2.71. The molecule has 0 saturated heterocycles. The number of hydrogen-bond donors (Lipinski definition) is 0. The largest absolute Gasteiger partial charge is 0.464 e. The van der Waals surface area contributed by atoms with Crippen LogP contribution in [0, 0.1) is 0 Å². The summed E-state index contributed by atoms with van der Waals surface area (Å²) in [5.41, 5.74) is 3.76. The molecule has 0 aliphatic heterocycles. The predicted octanol–water partition coefficient (Wildman–Crippen LogP) is 4.93. The Morgan fingerprint density at radius 1 is 1.03 bits per heavy atom. The van der Waals surface area contributed by atoms with Crippen LogP contribution in [0.1, 0.15) is 29.2 Å². The molecule has 2 rings (SSSR count). The second-order valence-electron chi connectivity index (χ2n) is 5.78. The van der Waals surface area contributed by atoms with E-state index in [-0.39, 0.29) is 16.8 Å². The van der Waals surface area contributed by atoms with Crippen molar-refractivity contribution in [3.05, 3.63) is 75.3 Å². The summed E-state index contributed by atoms with van der Waals surface area (Å²) >= 11 is 11.3. The molecule has 0 aliphatic rings. The van der Waals surface area contributed by atoms with Crippen LogP contribution in [0.3, 0.4) is 0 Å². The smallest absolute Gasteiger partial charge is 0.360 e. The highest BCUT2D eigenvalue weighted by Gasteiger charge is 2.19. The Morgan fingerprint density at radius 3 is 2.34 bits per heavy atom. The molecule has 0 amide bonds. The third-order valence-corrected chi connectivity index (χ3v) is 4.08. The first-order chi connectivity index (χ1) is 14.0. The molecular weight excluding hydrogens is 415 g/mol. The van der Waals surface area contributed by atoms with Crippen LogP contribution in [0.2, 0.25) is 0 Å². The number of ether oxygens (including phenoxy) is 1. The van der Waals surface area contributed by atoms with Crippen LogP contribution >= 0.6 is 23.2 Å². The van der Waals surface area contributed by atoms with E-state index in [9.17, 15) is 4.79 Å². The van der Waals surface area contributed by atoms with Crippen molar-refractivity contribution in [3.8, 4) is 0 Å². The van der Waals surface area contributed by atoms with E-state index in [2.05, 4.69) is 10.3 Å². The highest BCUT2D eigenvalue weighted by Crippen LogP contribution is 2.16. The topological polar surface area (TPSA) is 69.5 Å². The molecule has 0 aromatic heterocycles. The van der Waals surface area contributed by atoms with Gasteiger partial charge in [-0.3, -0.25) is 0 Å². The van der Waals surface area contributed by atoms with E-state index in [0.29, 0.717) is 16.8 Å². The summed E-state index contributed by atoms with van der Waals surface area (Å²) in [6, 6.07) is 14.7. The molecule has 0 atom stereocenters. The van der Waals surface area contributed by atoms with Gasteiger partial charge in [-0.05, 0) is 24.1 Å². The van der Waals surface area contributed by atoms with Crippen molar-refractivity contribution in [3.63, 3.8) is 0 Å². The molecule has 0 fully saturated rings. The second-order valence-corrected chi connectivity index (χ2v) is 6.79. The number of esters is 1. The highest BCUT2D eigenvalue weighted by atomic mass is 35.5. The fourth-order valence-electron chi connectivity index (χ4n) is 2.46. The maximum atomic E-state index is 12.0. The maximum Gasteiger partial charge on any atom is 0.360 e. The Morgan fingerprint density at radius 2 is 1.72 bits per heavy atom. The van der Waals surface area contributed by atoms with E-state index in [1.54, 1.807) is 18.2 Å². The average Bonchev–Trinajstić information content (AvgIpc) is 2.72. The number of nitrogens with zero attached hydrogens (tertiary/aromatic N) is 2. The van der Waals surface area contributed by atoms with Crippen LogP contribution in [0.4, 0.5) is 0 Å². The number of halogens is 2. The molecule has 0 radical (unpaired) electrons. The third-order valence-electron chi connectivity index (χ3n) is 3.86. The first-order valence-electron chi connectivity index (χ1n) is 8.53. The molecule has 2 aromatic rings. The third kappa shape index (κ3) is 6.62. The number of hydrogen-bond acceptors (Lipinski definition) is 6. The Bertz CT molecular complexity index is 934. The van der Waals surface area contributed by atoms with Crippen molar-refractivity contribution in [2.45, 2.75) is 13.5 Å². The van der Waals surface area contributed by atoms with Crippen LogP contribution in [-0.2, 0) is 25.8 Å². The summed E-state index contributed by atoms with van der Waals surface area (Å²) in [7, 11) is 2.64. The van der Waals surface area contributed by atoms with Crippen LogP contribution in [0.25, 0.3) is 6.08 Å². The van der Waals surface area contributed by atoms with E-state index < -0.39 is 5.97 Å². The van der Waals surface area contributed by atoms with Crippen molar-refractivity contribution in [2.75, 3.05) is 14.2 Å². The lowest BCUT2D eigenvalue weighted by Gasteiger charge is -2.10. The number of carbonyl (C=O) groups is 1. The van der Waals surface area contributed by atoms with Crippen LogP contribution in [-0.4, -0.2) is 31.6 Å². The molecule has 152 valence electrons. The number of oxime groups is 2. The molecule has 6 nitrogen and oxygen atoms in total. The number of benzene rings is 2. The molecule has 0 aliphatic carbocycles. The minimum Gasteiger partial charge on any atom is -0.464 e. The van der Waals surface area contributed by atoms with E-state index >= 15 is 0 Å². The second kappa shape index (κ2) is 11.2. The lowest BCUT2D eigenvalue weighted by molar-refractivity contribution is -0.132. The Hall–Kier alpha value is -2.83. The van der Waals surface area contributed by atoms with E-state index in [1.807, 2.05) is 43.3 Å². The zero-order valence-corrected chi connectivity index (χ0v) is 17.7. The quantitative estimate of drug-likeness (QED) is 0.335. The summed E-state index contributed by atoms with van der Waals surface area (Å²) < 4.78 is 4.96. The van der Waals surface area contributed by atoms with Crippen LogP contribution < -0.4 is 0 Å². The van der Waals surface area contributed by atoms with Gasteiger partial charge in [0.1, 0.15) is 18.2 Å². The average molecular weight is 435 g/mol. The van der Waals surface area contributed by atoms with Gasteiger partial charge in [0.15, 0.2) is 5.71 Å². The molecule has 0 unspecified atom stereocenters.